The zero-order valence-corrected chi connectivity index (χ0v) is 12.0. The van der Waals surface area contributed by atoms with E-state index in [1.165, 1.54) is 41.6 Å². The van der Waals surface area contributed by atoms with Gasteiger partial charge in [0.2, 0.25) is 0 Å². The number of rotatable bonds is 6. The lowest BCUT2D eigenvalue weighted by Gasteiger charge is -2.04. The molecule has 0 saturated heterocycles. The predicted octanol–water partition coefficient (Wildman–Crippen LogP) is 4.52. The molecule has 1 aromatic carbocycles. The Morgan fingerprint density at radius 2 is 1.53 bits per heavy atom. The van der Waals surface area contributed by atoms with Crippen LogP contribution in [0.4, 0.5) is 0 Å². The van der Waals surface area contributed by atoms with Gasteiger partial charge in [0.1, 0.15) is 0 Å². The van der Waals surface area contributed by atoms with Crippen molar-refractivity contribution in [1.29, 1.82) is 0 Å². The Balaban J connectivity index is 1.87. The van der Waals surface area contributed by atoms with Gasteiger partial charge in [0.05, 0.1) is 0 Å². The predicted molar refractivity (Wildman–Crippen MR) is 81.4 cm³/mol. The van der Waals surface area contributed by atoms with Crippen LogP contribution in [0.5, 0.6) is 0 Å². The molecule has 0 aliphatic heterocycles. The lowest BCUT2D eigenvalue weighted by molar-refractivity contribution is 0.794. The second kappa shape index (κ2) is 7.08. The molecule has 0 bridgehead atoms. The highest BCUT2D eigenvalue weighted by molar-refractivity contribution is 5.23. The molecule has 2 rings (SSSR count). The summed E-state index contributed by atoms with van der Waals surface area (Å²) in [6, 6.07) is 13.3. The molecule has 1 heterocycles. The minimum atomic E-state index is 1.02. The number of pyridine rings is 1. The maximum atomic E-state index is 4.45. The molecule has 0 fully saturated rings. The van der Waals surface area contributed by atoms with Gasteiger partial charge in [0.25, 0.3) is 0 Å². The Labute approximate surface area is 116 Å². The van der Waals surface area contributed by atoms with Crippen molar-refractivity contribution in [2.45, 2.75) is 46.0 Å². The molecule has 19 heavy (non-hydrogen) atoms. The quantitative estimate of drug-likeness (QED) is 0.737. The molecule has 0 atom stereocenters. The van der Waals surface area contributed by atoms with E-state index in [9.17, 15) is 0 Å². The minimum absolute atomic E-state index is 1.02. The lowest BCUT2D eigenvalue weighted by Crippen LogP contribution is -1.95. The lowest BCUT2D eigenvalue weighted by atomic mass is 10.0. The zero-order valence-electron chi connectivity index (χ0n) is 12.0. The first-order chi connectivity index (χ1) is 9.28. The Bertz CT molecular complexity index is 482. The summed E-state index contributed by atoms with van der Waals surface area (Å²) in [5.74, 6) is 0. The summed E-state index contributed by atoms with van der Waals surface area (Å²) in [7, 11) is 0. The Morgan fingerprint density at radius 3 is 2.11 bits per heavy atom. The number of benzene rings is 1. The molecule has 1 nitrogen and oxygen atoms in total. The van der Waals surface area contributed by atoms with E-state index in [-0.39, 0.29) is 0 Å². The highest BCUT2D eigenvalue weighted by Gasteiger charge is 1.98. The van der Waals surface area contributed by atoms with E-state index in [0.29, 0.717) is 0 Å². The van der Waals surface area contributed by atoms with Crippen LogP contribution in [-0.2, 0) is 19.3 Å². The van der Waals surface area contributed by atoms with Crippen LogP contribution in [0.2, 0.25) is 0 Å². The summed E-state index contributed by atoms with van der Waals surface area (Å²) in [5.41, 5.74) is 5.27. The van der Waals surface area contributed by atoms with Gasteiger partial charge in [-0.25, -0.2) is 0 Å². The molecule has 0 N–H and O–H groups in total. The van der Waals surface area contributed by atoms with Crippen molar-refractivity contribution in [1.82, 2.24) is 4.98 Å². The van der Waals surface area contributed by atoms with Crippen LogP contribution in [0.3, 0.4) is 0 Å². The highest BCUT2D eigenvalue weighted by atomic mass is 14.7. The molecule has 2 aromatic rings. The van der Waals surface area contributed by atoms with Crippen molar-refractivity contribution in [3.8, 4) is 0 Å². The second-order valence-corrected chi connectivity index (χ2v) is 5.25. The van der Waals surface area contributed by atoms with Gasteiger partial charge in [-0.15, -0.1) is 0 Å². The third-order valence-electron chi connectivity index (χ3n) is 3.48. The van der Waals surface area contributed by atoms with Gasteiger partial charge in [0, 0.05) is 11.9 Å². The Kier molecular flexibility index (Phi) is 5.14. The number of aromatic nitrogens is 1. The van der Waals surface area contributed by atoms with Crippen LogP contribution in [-0.4, -0.2) is 4.98 Å². The number of unbranched alkanes of at least 4 members (excludes halogenated alkanes) is 1. The summed E-state index contributed by atoms with van der Waals surface area (Å²) in [6.45, 7) is 4.31. The van der Waals surface area contributed by atoms with Crippen LogP contribution >= 0.6 is 0 Å². The third-order valence-corrected chi connectivity index (χ3v) is 3.48. The van der Waals surface area contributed by atoms with Crippen molar-refractivity contribution >= 4 is 0 Å². The molecule has 0 aliphatic rings. The van der Waals surface area contributed by atoms with Crippen LogP contribution in [0.25, 0.3) is 0 Å². The molecule has 1 aromatic heterocycles. The van der Waals surface area contributed by atoms with Crippen molar-refractivity contribution in [2.24, 2.45) is 0 Å². The van der Waals surface area contributed by atoms with E-state index < -0.39 is 0 Å². The van der Waals surface area contributed by atoms with E-state index in [2.05, 4.69) is 55.2 Å². The molecular weight excluding hydrogens is 230 g/mol. The van der Waals surface area contributed by atoms with Crippen LogP contribution in [0.15, 0.2) is 42.6 Å². The first-order valence-electron chi connectivity index (χ1n) is 7.27. The topological polar surface area (TPSA) is 12.9 Å². The highest BCUT2D eigenvalue weighted by Crippen LogP contribution is 2.10. The molecule has 0 amide bonds. The van der Waals surface area contributed by atoms with Gasteiger partial charge in [-0.2, -0.15) is 0 Å². The van der Waals surface area contributed by atoms with E-state index in [4.69, 9.17) is 0 Å². The third kappa shape index (κ3) is 4.51. The molecule has 1 heteroatoms. The fourth-order valence-corrected chi connectivity index (χ4v) is 2.17. The summed E-state index contributed by atoms with van der Waals surface area (Å²) >= 11 is 0. The van der Waals surface area contributed by atoms with Gasteiger partial charge in [-0.05, 0) is 55.4 Å². The first-order valence-corrected chi connectivity index (χ1v) is 7.27. The van der Waals surface area contributed by atoms with Gasteiger partial charge in [0.15, 0.2) is 0 Å². The first kappa shape index (κ1) is 13.8. The van der Waals surface area contributed by atoms with Crippen molar-refractivity contribution in [3.63, 3.8) is 0 Å². The molecular formula is C18H23N. The molecule has 0 spiro atoms. The number of hydrogen-bond acceptors (Lipinski definition) is 1. The van der Waals surface area contributed by atoms with Gasteiger partial charge < -0.3 is 0 Å². The van der Waals surface area contributed by atoms with E-state index >= 15 is 0 Å². The maximum Gasteiger partial charge on any atom is 0.0407 e. The monoisotopic (exact) mass is 253 g/mol. The molecule has 0 saturated carbocycles. The second-order valence-electron chi connectivity index (χ2n) is 5.25. The van der Waals surface area contributed by atoms with Crippen LogP contribution < -0.4 is 0 Å². The molecule has 100 valence electrons. The summed E-state index contributed by atoms with van der Waals surface area (Å²) in [6.07, 6.45) is 7.80. The summed E-state index contributed by atoms with van der Waals surface area (Å²) < 4.78 is 0. The minimum Gasteiger partial charge on any atom is -0.261 e. The average Bonchev–Trinajstić information content (AvgIpc) is 2.46. The standard InChI is InChI=1S/C18H23N/c1-3-4-5-16-7-9-17(10-8-16)11-13-18-12-6-15(2)14-19-18/h6-10,12,14H,3-5,11,13H2,1-2H3. The SMILES string of the molecule is CCCCc1ccc(CCc2ccc(C)cn2)cc1. The van der Waals surface area contributed by atoms with E-state index in [1.807, 2.05) is 6.20 Å². The smallest absolute Gasteiger partial charge is 0.0407 e. The molecule has 0 radical (unpaired) electrons. The van der Waals surface area contributed by atoms with Crippen molar-refractivity contribution in [2.75, 3.05) is 0 Å². The Hall–Kier alpha value is -1.63. The van der Waals surface area contributed by atoms with E-state index in [0.717, 1.165) is 12.8 Å². The zero-order chi connectivity index (χ0) is 13.5. The summed E-state index contributed by atoms with van der Waals surface area (Å²) in [5, 5.41) is 0. The van der Waals surface area contributed by atoms with Gasteiger partial charge in [-0.1, -0.05) is 43.7 Å². The fraction of sp³-hybridized carbons (Fsp3) is 0.389. The summed E-state index contributed by atoms with van der Waals surface area (Å²) in [4.78, 5) is 4.45. The Morgan fingerprint density at radius 1 is 0.842 bits per heavy atom. The largest absolute Gasteiger partial charge is 0.261 e. The number of aryl methyl sites for hydroxylation is 4. The number of hydrogen-bond donors (Lipinski definition) is 0. The average molecular weight is 253 g/mol. The van der Waals surface area contributed by atoms with Crippen LogP contribution in [0.1, 0.15) is 42.1 Å². The normalized spacial score (nSPS) is 10.6. The van der Waals surface area contributed by atoms with Crippen molar-refractivity contribution < 1.29 is 0 Å². The maximum absolute atomic E-state index is 4.45. The number of nitrogens with zero attached hydrogens (tertiary/aromatic N) is 1. The van der Waals surface area contributed by atoms with Gasteiger partial charge >= 0.3 is 0 Å². The fourth-order valence-electron chi connectivity index (χ4n) is 2.17. The molecule has 0 aliphatic carbocycles. The molecule has 0 unspecified atom stereocenters. The van der Waals surface area contributed by atoms with Crippen molar-refractivity contribution in [3.05, 3.63) is 65.0 Å². The van der Waals surface area contributed by atoms with Gasteiger partial charge in [-0.3, -0.25) is 4.98 Å². The van der Waals surface area contributed by atoms with E-state index in [1.54, 1.807) is 0 Å². The van der Waals surface area contributed by atoms with Crippen LogP contribution in [0, 0.1) is 6.92 Å².